The predicted octanol–water partition coefficient (Wildman–Crippen LogP) is 3.65. The van der Waals surface area contributed by atoms with E-state index in [1.165, 1.54) is 6.92 Å². The zero-order valence-electron chi connectivity index (χ0n) is 11.5. The van der Waals surface area contributed by atoms with Crippen LogP contribution < -0.4 is 0 Å². The molecule has 0 saturated carbocycles. The minimum Gasteiger partial charge on any atom is -0.455 e. The van der Waals surface area contributed by atoms with Gasteiger partial charge in [-0.1, -0.05) is 39.5 Å². The highest BCUT2D eigenvalue weighted by Crippen LogP contribution is 2.12. The van der Waals surface area contributed by atoms with Crippen LogP contribution in [-0.4, -0.2) is 17.9 Å². The Morgan fingerprint density at radius 3 is 2.12 bits per heavy atom. The summed E-state index contributed by atoms with van der Waals surface area (Å²) in [4.78, 5) is 22.8. The monoisotopic (exact) mass is 242 g/mol. The van der Waals surface area contributed by atoms with Crippen LogP contribution in [0.5, 0.6) is 0 Å². The lowest BCUT2D eigenvalue weighted by molar-refractivity contribution is -0.153. The van der Waals surface area contributed by atoms with Gasteiger partial charge in [-0.2, -0.15) is 0 Å². The molecule has 0 heterocycles. The van der Waals surface area contributed by atoms with Crippen LogP contribution in [0.4, 0.5) is 0 Å². The summed E-state index contributed by atoms with van der Waals surface area (Å²) in [6, 6.07) is 0. The quantitative estimate of drug-likeness (QED) is 0.434. The smallest absolute Gasteiger partial charge is 0.303 e. The van der Waals surface area contributed by atoms with Crippen LogP contribution in [0.1, 0.15) is 72.1 Å². The molecule has 1 unspecified atom stereocenters. The van der Waals surface area contributed by atoms with E-state index in [0.717, 1.165) is 38.5 Å². The van der Waals surface area contributed by atoms with E-state index in [4.69, 9.17) is 4.74 Å². The number of hydrogen-bond donors (Lipinski definition) is 0. The molecule has 0 spiro atoms. The number of esters is 1. The van der Waals surface area contributed by atoms with Gasteiger partial charge in [0.25, 0.3) is 0 Å². The second-order valence-electron chi connectivity index (χ2n) is 4.52. The Hall–Kier alpha value is -0.860. The van der Waals surface area contributed by atoms with Gasteiger partial charge in [0.1, 0.15) is 0 Å². The second-order valence-corrected chi connectivity index (χ2v) is 4.52. The van der Waals surface area contributed by atoms with Gasteiger partial charge < -0.3 is 4.74 Å². The molecule has 0 amide bonds. The van der Waals surface area contributed by atoms with E-state index in [0.29, 0.717) is 12.8 Å². The molecule has 0 rings (SSSR count). The fourth-order valence-corrected chi connectivity index (χ4v) is 1.78. The maximum atomic E-state index is 11.9. The summed E-state index contributed by atoms with van der Waals surface area (Å²) in [6.45, 7) is 5.59. The van der Waals surface area contributed by atoms with Gasteiger partial charge in [0.05, 0.1) is 0 Å². The Balaban J connectivity index is 4.05. The summed E-state index contributed by atoms with van der Waals surface area (Å²) in [5, 5.41) is 0. The highest BCUT2D eigenvalue weighted by molar-refractivity contribution is 5.85. The molecule has 3 nitrogen and oxygen atoms in total. The normalized spacial score (nSPS) is 12.2. The first-order valence-corrected chi connectivity index (χ1v) is 6.81. The third-order valence-electron chi connectivity index (χ3n) is 2.76. The van der Waals surface area contributed by atoms with Crippen LogP contribution in [-0.2, 0) is 14.3 Å². The molecule has 0 aromatic carbocycles. The third kappa shape index (κ3) is 8.90. The van der Waals surface area contributed by atoms with Crippen molar-refractivity contribution in [2.45, 2.75) is 78.2 Å². The fraction of sp³-hybridized carbons (Fsp3) is 0.857. The highest BCUT2D eigenvalue weighted by atomic mass is 16.5. The van der Waals surface area contributed by atoms with Crippen molar-refractivity contribution in [1.29, 1.82) is 0 Å². The fourth-order valence-electron chi connectivity index (χ4n) is 1.78. The first kappa shape index (κ1) is 16.1. The lowest BCUT2D eigenvalue weighted by atomic mass is 10.0. The number of carbonyl (C=O) groups is 2. The molecule has 0 saturated heterocycles. The molecular weight excluding hydrogens is 216 g/mol. The standard InChI is InChI=1S/C14H26O3/c1-4-6-8-10-13(16)14(17-12(3)15)11-9-7-5-2/h14H,4-11H2,1-3H3. The van der Waals surface area contributed by atoms with Crippen LogP contribution in [0.2, 0.25) is 0 Å². The molecule has 1 atom stereocenters. The Kier molecular flexibility index (Phi) is 9.78. The van der Waals surface area contributed by atoms with E-state index >= 15 is 0 Å². The molecule has 17 heavy (non-hydrogen) atoms. The Morgan fingerprint density at radius 1 is 1.00 bits per heavy atom. The lowest BCUT2D eigenvalue weighted by Crippen LogP contribution is -2.26. The topological polar surface area (TPSA) is 43.4 Å². The Morgan fingerprint density at radius 2 is 1.59 bits per heavy atom. The van der Waals surface area contributed by atoms with Crippen molar-refractivity contribution in [3.8, 4) is 0 Å². The maximum absolute atomic E-state index is 11.9. The second kappa shape index (κ2) is 10.3. The molecule has 0 bridgehead atoms. The van der Waals surface area contributed by atoms with Gasteiger partial charge in [-0.15, -0.1) is 0 Å². The van der Waals surface area contributed by atoms with Gasteiger partial charge in [-0.3, -0.25) is 9.59 Å². The zero-order valence-corrected chi connectivity index (χ0v) is 11.5. The van der Waals surface area contributed by atoms with Gasteiger partial charge in [0, 0.05) is 13.3 Å². The molecule has 0 fully saturated rings. The van der Waals surface area contributed by atoms with Gasteiger partial charge in [0.15, 0.2) is 11.9 Å². The average Bonchev–Trinajstić information content (AvgIpc) is 2.27. The third-order valence-corrected chi connectivity index (χ3v) is 2.76. The number of ether oxygens (including phenoxy) is 1. The minimum atomic E-state index is -0.504. The number of carbonyl (C=O) groups excluding carboxylic acids is 2. The van der Waals surface area contributed by atoms with Gasteiger partial charge in [-0.05, 0) is 19.3 Å². The summed E-state index contributed by atoms with van der Waals surface area (Å²) in [6.07, 6.45) is 6.92. The Labute approximate surface area is 105 Å². The summed E-state index contributed by atoms with van der Waals surface area (Å²) < 4.78 is 5.10. The van der Waals surface area contributed by atoms with Crippen molar-refractivity contribution in [3.05, 3.63) is 0 Å². The highest BCUT2D eigenvalue weighted by Gasteiger charge is 2.20. The molecule has 0 aliphatic heterocycles. The van der Waals surface area contributed by atoms with Gasteiger partial charge in [0.2, 0.25) is 0 Å². The van der Waals surface area contributed by atoms with Crippen LogP contribution in [0, 0.1) is 0 Å². The van der Waals surface area contributed by atoms with Crippen molar-refractivity contribution < 1.29 is 14.3 Å². The van der Waals surface area contributed by atoms with Crippen LogP contribution in [0.3, 0.4) is 0 Å². The number of ketones is 1. The number of unbranched alkanes of at least 4 members (excludes halogenated alkanes) is 4. The molecule has 0 aromatic heterocycles. The minimum absolute atomic E-state index is 0.0877. The summed E-state index contributed by atoms with van der Waals surface area (Å²) in [7, 11) is 0. The SMILES string of the molecule is CCCCCC(=O)C(CCCCC)OC(C)=O. The van der Waals surface area contributed by atoms with E-state index < -0.39 is 6.10 Å². The van der Waals surface area contributed by atoms with E-state index in [9.17, 15) is 9.59 Å². The van der Waals surface area contributed by atoms with E-state index in [2.05, 4.69) is 13.8 Å². The van der Waals surface area contributed by atoms with Crippen molar-refractivity contribution in [2.24, 2.45) is 0 Å². The first-order valence-electron chi connectivity index (χ1n) is 6.81. The van der Waals surface area contributed by atoms with Crippen LogP contribution >= 0.6 is 0 Å². The van der Waals surface area contributed by atoms with Crippen molar-refractivity contribution in [2.75, 3.05) is 0 Å². The molecule has 0 aromatic rings. The molecule has 0 N–H and O–H groups in total. The molecule has 3 heteroatoms. The van der Waals surface area contributed by atoms with Gasteiger partial charge in [-0.25, -0.2) is 0 Å². The lowest BCUT2D eigenvalue weighted by Gasteiger charge is -2.15. The zero-order chi connectivity index (χ0) is 13.1. The van der Waals surface area contributed by atoms with Gasteiger partial charge >= 0.3 is 5.97 Å². The Bertz CT molecular complexity index is 224. The molecular formula is C14H26O3. The molecule has 100 valence electrons. The van der Waals surface area contributed by atoms with E-state index in [1.807, 2.05) is 0 Å². The first-order chi connectivity index (χ1) is 8.11. The van der Waals surface area contributed by atoms with Crippen molar-refractivity contribution in [1.82, 2.24) is 0 Å². The molecule has 0 aliphatic carbocycles. The number of rotatable bonds is 10. The summed E-state index contributed by atoms with van der Waals surface area (Å²) in [5.41, 5.74) is 0. The van der Waals surface area contributed by atoms with Crippen LogP contribution in [0.25, 0.3) is 0 Å². The van der Waals surface area contributed by atoms with E-state index in [-0.39, 0.29) is 11.8 Å². The predicted molar refractivity (Wildman–Crippen MR) is 68.8 cm³/mol. The average molecular weight is 242 g/mol. The number of Topliss-reactive ketones (excluding diaryl/α,β-unsaturated/α-hetero) is 1. The molecule has 0 radical (unpaired) electrons. The summed E-state index contributed by atoms with van der Waals surface area (Å²) in [5.74, 6) is -0.264. The largest absolute Gasteiger partial charge is 0.455 e. The number of hydrogen-bond acceptors (Lipinski definition) is 3. The molecule has 0 aliphatic rings. The van der Waals surface area contributed by atoms with E-state index in [1.54, 1.807) is 0 Å². The summed E-state index contributed by atoms with van der Waals surface area (Å²) >= 11 is 0. The van der Waals surface area contributed by atoms with Crippen LogP contribution in [0.15, 0.2) is 0 Å². The van der Waals surface area contributed by atoms with Crippen molar-refractivity contribution >= 4 is 11.8 Å². The van der Waals surface area contributed by atoms with Crippen molar-refractivity contribution in [3.63, 3.8) is 0 Å². The maximum Gasteiger partial charge on any atom is 0.303 e.